The fourth-order valence-corrected chi connectivity index (χ4v) is 7.02. The molecule has 3 saturated heterocycles. The molecule has 3 amide bonds. The van der Waals surface area contributed by atoms with E-state index in [1.165, 1.54) is 4.90 Å². The maximum Gasteiger partial charge on any atom is 0.250 e. The highest BCUT2D eigenvalue weighted by Gasteiger charge is 2.74. The second kappa shape index (κ2) is 6.82. The lowest BCUT2D eigenvalue weighted by Gasteiger charge is -2.36. The number of likely N-dealkylation sites (tertiary alicyclic amines) is 1. The summed E-state index contributed by atoms with van der Waals surface area (Å²) in [6.07, 6.45) is 2.51. The summed E-state index contributed by atoms with van der Waals surface area (Å²) in [5.41, 5.74) is 2.39. The highest BCUT2D eigenvalue weighted by molar-refractivity contribution is 6.15. The molecule has 2 aromatic rings. The summed E-state index contributed by atoms with van der Waals surface area (Å²) >= 11 is 0. The number of hydrogen-bond acceptors (Lipinski definition) is 6. The Kier molecular flexibility index (Phi) is 4.02. The third-order valence-electron chi connectivity index (χ3n) is 8.36. The van der Waals surface area contributed by atoms with E-state index in [-0.39, 0.29) is 37.1 Å². The predicted octanol–water partition coefficient (Wildman–Crippen LogP) is 2.40. The van der Waals surface area contributed by atoms with Gasteiger partial charge >= 0.3 is 0 Å². The van der Waals surface area contributed by atoms with Gasteiger partial charge in [-0.05, 0) is 49.1 Å². The first-order valence-electron chi connectivity index (χ1n) is 12.0. The molecule has 3 fully saturated rings. The van der Waals surface area contributed by atoms with Gasteiger partial charge in [-0.1, -0.05) is 31.2 Å². The average Bonchev–Trinajstić information content (AvgIpc) is 3.63. The van der Waals surface area contributed by atoms with E-state index in [2.05, 4.69) is 17.1 Å². The molecule has 34 heavy (non-hydrogen) atoms. The predicted molar refractivity (Wildman–Crippen MR) is 121 cm³/mol. The van der Waals surface area contributed by atoms with Crippen molar-refractivity contribution in [3.63, 3.8) is 0 Å². The Hall–Kier alpha value is -3.39. The van der Waals surface area contributed by atoms with E-state index in [1.807, 2.05) is 30.3 Å². The minimum atomic E-state index is -1.12. The summed E-state index contributed by atoms with van der Waals surface area (Å²) < 4.78 is 10.9. The van der Waals surface area contributed by atoms with Crippen LogP contribution in [0, 0.1) is 11.8 Å². The van der Waals surface area contributed by atoms with Gasteiger partial charge in [0.1, 0.15) is 5.54 Å². The highest BCUT2D eigenvalue weighted by atomic mass is 16.7. The molecule has 0 bridgehead atoms. The Morgan fingerprint density at radius 1 is 1.09 bits per heavy atom. The molecule has 8 heteroatoms. The van der Waals surface area contributed by atoms with Gasteiger partial charge in [0.15, 0.2) is 11.5 Å². The maximum atomic E-state index is 14.0. The standard InChI is InChI=1S/C26H25N3O5/c1-2-15-5-3-6-16-22(15)27-25(32)26(16)21-20(17-7-4-10-29(17)26)23(30)28(24(21)31)12-14-8-9-18-19(11-14)34-13-33-18/h3,5-6,8-9,11,17,20-21H,2,4,7,10,12-13H2,1H3,(H,27,32)/t17-,20-,21-,26+/m1/s1. The van der Waals surface area contributed by atoms with Crippen molar-refractivity contribution in [1.29, 1.82) is 0 Å². The van der Waals surface area contributed by atoms with Crippen LogP contribution in [0.2, 0.25) is 0 Å². The van der Waals surface area contributed by atoms with Crippen LogP contribution in [0.4, 0.5) is 5.69 Å². The van der Waals surface area contributed by atoms with Crippen molar-refractivity contribution >= 4 is 23.4 Å². The molecule has 7 rings (SSSR count). The van der Waals surface area contributed by atoms with Crippen molar-refractivity contribution in [3.8, 4) is 11.5 Å². The molecule has 1 spiro atoms. The highest BCUT2D eigenvalue weighted by Crippen LogP contribution is 2.60. The van der Waals surface area contributed by atoms with Gasteiger partial charge in [0.2, 0.25) is 24.5 Å². The fraction of sp³-hybridized carbons (Fsp3) is 0.423. The van der Waals surface area contributed by atoms with Crippen molar-refractivity contribution in [2.75, 3.05) is 18.7 Å². The van der Waals surface area contributed by atoms with Gasteiger partial charge in [0, 0.05) is 17.3 Å². The summed E-state index contributed by atoms with van der Waals surface area (Å²) in [7, 11) is 0. The third-order valence-corrected chi connectivity index (χ3v) is 8.36. The third kappa shape index (κ3) is 2.29. The zero-order valence-electron chi connectivity index (χ0n) is 18.9. The lowest BCUT2D eigenvalue weighted by molar-refractivity contribution is -0.146. The minimum Gasteiger partial charge on any atom is -0.454 e. The summed E-state index contributed by atoms with van der Waals surface area (Å²) in [4.78, 5) is 45.0. The number of carbonyl (C=O) groups is 3. The first kappa shape index (κ1) is 20.0. The number of rotatable bonds is 3. The van der Waals surface area contributed by atoms with Crippen LogP contribution in [-0.4, -0.2) is 46.9 Å². The molecule has 2 aromatic carbocycles. The van der Waals surface area contributed by atoms with E-state index >= 15 is 0 Å². The number of anilines is 1. The maximum absolute atomic E-state index is 14.0. The van der Waals surface area contributed by atoms with E-state index in [0.29, 0.717) is 18.0 Å². The topological polar surface area (TPSA) is 88.2 Å². The van der Waals surface area contributed by atoms with Crippen molar-refractivity contribution in [3.05, 3.63) is 53.1 Å². The van der Waals surface area contributed by atoms with Crippen LogP contribution in [-0.2, 0) is 32.9 Å². The van der Waals surface area contributed by atoms with Crippen LogP contribution >= 0.6 is 0 Å². The molecule has 0 unspecified atom stereocenters. The first-order valence-corrected chi connectivity index (χ1v) is 12.0. The number of aryl methyl sites for hydroxylation is 1. The lowest BCUT2D eigenvalue weighted by atomic mass is 9.75. The number of carbonyl (C=O) groups excluding carboxylic acids is 3. The zero-order valence-corrected chi connectivity index (χ0v) is 18.9. The lowest BCUT2D eigenvalue weighted by Crippen LogP contribution is -2.54. The Morgan fingerprint density at radius 3 is 2.79 bits per heavy atom. The Morgan fingerprint density at radius 2 is 1.94 bits per heavy atom. The summed E-state index contributed by atoms with van der Waals surface area (Å²) in [5, 5.41) is 3.11. The molecule has 0 radical (unpaired) electrons. The van der Waals surface area contributed by atoms with Crippen molar-refractivity contribution < 1.29 is 23.9 Å². The summed E-state index contributed by atoms with van der Waals surface area (Å²) in [6.45, 7) is 3.09. The number of para-hydroxylation sites is 1. The zero-order chi connectivity index (χ0) is 23.2. The van der Waals surface area contributed by atoms with Gasteiger partial charge in [-0.3, -0.25) is 24.2 Å². The smallest absolute Gasteiger partial charge is 0.250 e. The number of nitrogens with one attached hydrogen (secondary N) is 1. The molecule has 1 N–H and O–H groups in total. The van der Waals surface area contributed by atoms with E-state index in [0.717, 1.165) is 41.6 Å². The number of nitrogens with zero attached hydrogens (tertiary/aromatic N) is 2. The number of hydrogen-bond donors (Lipinski definition) is 1. The van der Waals surface area contributed by atoms with Crippen LogP contribution in [0.1, 0.15) is 36.5 Å². The number of imide groups is 1. The minimum absolute atomic E-state index is 0.106. The van der Waals surface area contributed by atoms with E-state index in [9.17, 15) is 14.4 Å². The number of ether oxygens (including phenoxy) is 2. The molecule has 8 nitrogen and oxygen atoms in total. The number of amides is 3. The van der Waals surface area contributed by atoms with Crippen LogP contribution in [0.25, 0.3) is 0 Å². The van der Waals surface area contributed by atoms with Crippen LogP contribution in [0.5, 0.6) is 11.5 Å². The molecule has 5 aliphatic rings. The normalized spacial score (nSPS) is 30.8. The first-order chi connectivity index (χ1) is 16.6. The second-order valence-corrected chi connectivity index (χ2v) is 9.77. The van der Waals surface area contributed by atoms with Crippen LogP contribution in [0.3, 0.4) is 0 Å². The molecular formula is C26H25N3O5. The molecule has 0 aromatic heterocycles. The Balaban J connectivity index is 1.33. The van der Waals surface area contributed by atoms with Crippen molar-refractivity contribution in [2.24, 2.45) is 11.8 Å². The number of fused-ring (bicyclic) bond motifs is 8. The van der Waals surface area contributed by atoms with E-state index in [4.69, 9.17) is 9.47 Å². The van der Waals surface area contributed by atoms with Crippen molar-refractivity contribution in [1.82, 2.24) is 9.80 Å². The average molecular weight is 460 g/mol. The molecule has 4 atom stereocenters. The Bertz CT molecular complexity index is 1280. The summed E-state index contributed by atoms with van der Waals surface area (Å²) in [5.74, 6) is -0.550. The monoisotopic (exact) mass is 459 g/mol. The second-order valence-electron chi connectivity index (χ2n) is 9.77. The van der Waals surface area contributed by atoms with Crippen molar-refractivity contribution in [2.45, 2.75) is 44.3 Å². The molecule has 174 valence electrons. The van der Waals surface area contributed by atoms with Gasteiger partial charge in [-0.25, -0.2) is 0 Å². The van der Waals surface area contributed by atoms with E-state index in [1.54, 1.807) is 6.07 Å². The Labute approximate surface area is 196 Å². The molecule has 5 heterocycles. The quantitative estimate of drug-likeness (QED) is 0.710. The fourth-order valence-electron chi connectivity index (χ4n) is 7.02. The molecule has 0 saturated carbocycles. The van der Waals surface area contributed by atoms with Gasteiger partial charge in [0.25, 0.3) is 0 Å². The van der Waals surface area contributed by atoms with Crippen LogP contribution < -0.4 is 14.8 Å². The largest absolute Gasteiger partial charge is 0.454 e. The van der Waals surface area contributed by atoms with E-state index < -0.39 is 17.4 Å². The SMILES string of the molecule is CCc1cccc2c1NC(=O)[C@@]21[C@H]2C(=O)N(Cc3ccc4c(c3)OCO4)C(=O)[C@@H]2[C@H]2CCCN21. The molecule has 5 aliphatic heterocycles. The van der Waals surface area contributed by atoms with Crippen LogP contribution in [0.15, 0.2) is 36.4 Å². The molecular weight excluding hydrogens is 434 g/mol. The molecule has 0 aliphatic carbocycles. The number of benzene rings is 2. The van der Waals surface area contributed by atoms with Gasteiger partial charge in [-0.15, -0.1) is 0 Å². The van der Waals surface area contributed by atoms with Gasteiger partial charge in [-0.2, -0.15) is 0 Å². The van der Waals surface area contributed by atoms with Gasteiger partial charge < -0.3 is 14.8 Å². The summed E-state index contributed by atoms with van der Waals surface area (Å²) in [6, 6.07) is 11.3. The van der Waals surface area contributed by atoms with Gasteiger partial charge in [0.05, 0.1) is 18.4 Å².